The number of pyridine rings is 1. The van der Waals surface area contributed by atoms with Gasteiger partial charge in [-0.2, -0.15) is 0 Å². The third-order valence-corrected chi connectivity index (χ3v) is 4.05. The van der Waals surface area contributed by atoms with E-state index in [0.717, 1.165) is 5.69 Å². The molecule has 1 saturated carbocycles. The molecule has 1 unspecified atom stereocenters. The van der Waals surface area contributed by atoms with Crippen molar-refractivity contribution >= 4 is 10.8 Å². The molecule has 1 aromatic carbocycles. The normalized spacial score (nSPS) is 18.3. The van der Waals surface area contributed by atoms with Gasteiger partial charge in [-0.05, 0) is 30.2 Å². The molecule has 1 heterocycles. The lowest BCUT2D eigenvalue weighted by Gasteiger charge is -2.23. The van der Waals surface area contributed by atoms with Crippen LogP contribution in [-0.2, 0) is 0 Å². The molecule has 94 valence electrons. The number of nitrogens with one attached hydrogen (secondary N) is 1. The molecular formula is C15H19N3. The second-order valence-corrected chi connectivity index (χ2v) is 5.11. The van der Waals surface area contributed by atoms with Crippen molar-refractivity contribution in [2.75, 3.05) is 0 Å². The van der Waals surface area contributed by atoms with Gasteiger partial charge in [-0.25, -0.2) is 0 Å². The molecule has 1 aliphatic rings. The van der Waals surface area contributed by atoms with Gasteiger partial charge in [0.05, 0.1) is 11.7 Å². The molecule has 3 nitrogen and oxygen atoms in total. The molecule has 1 fully saturated rings. The van der Waals surface area contributed by atoms with E-state index >= 15 is 0 Å². The van der Waals surface area contributed by atoms with Gasteiger partial charge in [0.2, 0.25) is 0 Å². The van der Waals surface area contributed by atoms with Crippen molar-refractivity contribution in [2.45, 2.75) is 31.7 Å². The monoisotopic (exact) mass is 241 g/mol. The molecule has 1 aromatic heterocycles. The lowest BCUT2D eigenvalue weighted by Crippen LogP contribution is -2.33. The van der Waals surface area contributed by atoms with Crippen LogP contribution in [0.5, 0.6) is 0 Å². The average Bonchev–Trinajstić information content (AvgIpc) is 2.94. The van der Waals surface area contributed by atoms with Crippen molar-refractivity contribution in [1.29, 1.82) is 0 Å². The third kappa shape index (κ3) is 2.00. The second kappa shape index (κ2) is 5.04. The second-order valence-electron chi connectivity index (χ2n) is 5.11. The molecule has 0 aliphatic heterocycles. The lowest BCUT2D eigenvalue weighted by atomic mass is 9.93. The highest BCUT2D eigenvalue weighted by Crippen LogP contribution is 2.36. The van der Waals surface area contributed by atoms with Crippen LogP contribution in [-0.4, -0.2) is 4.98 Å². The van der Waals surface area contributed by atoms with Crippen LogP contribution in [0, 0.1) is 5.92 Å². The minimum atomic E-state index is 0.179. The van der Waals surface area contributed by atoms with E-state index in [1.54, 1.807) is 0 Å². The number of aromatic nitrogens is 1. The Kier molecular flexibility index (Phi) is 3.26. The van der Waals surface area contributed by atoms with Gasteiger partial charge in [0.1, 0.15) is 0 Å². The van der Waals surface area contributed by atoms with Crippen molar-refractivity contribution in [3.63, 3.8) is 0 Å². The molecular weight excluding hydrogens is 222 g/mol. The van der Waals surface area contributed by atoms with Gasteiger partial charge < -0.3 is 0 Å². The highest BCUT2D eigenvalue weighted by Gasteiger charge is 2.27. The fraction of sp³-hybridized carbons (Fsp3) is 0.400. The fourth-order valence-corrected chi connectivity index (χ4v) is 3.12. The van der Waals surface area contributed by atoms with Gasteiger partial charge >= 0.3 is 0 Å². The number of fused-ring (bicyclic) bond motifs is 1. The Balaban J connectivity index is 2.06. The number of nitrogens with two attached hydrogens (primary N) is 1. The van der Waals surface area contributed by atoms with Crippen molar-refractivity contribution in [3.05, 3.63) is 42.2 Å². The third-order valence-electron chi connectivity index (χ3n) is 4.05. The maximum Gasteiger partial charge on any atom is 0.0667 e. The molecule has 3 N–H and O–H groups in total. The van der Waals surface area contributed by atoms with Crippen molar-refractivity contribution < 1.29 is 0 Å². The van der Waals surface area contributed by atoms with Crippen molar-refractivity contribution in [1.82, 2.24) is 10.4 Å². The molecule has 3 heteroatoms. The molecule has 1 atom stereocenters. The average molecular weight is 241 g/mol. The van der Waals surface area contributed by atoms with Crippen LogP contribution in [0.2, 0.25) is 0 Å². The predicted molar refractivity (Wildman–Crippen MR) is 73.8 cm³/mol. The van der Waals surface area contributed by atoms with Gasteiger partial charge in [0.25, 0.3) is 0 Å². The van der Waals surface area contributed by atoms with E-state index in [-0.39, 0.29) is 6.04 Å². The zero-order valence-electron chi connectivity index (χ0n) is 10.5. The van der Waals surface area contributed by atoms with Gasteiger partial charge in [0, 0.05) is 11.6 Å². The number of nitrogens with zero attached hydrogens (tertiary/aromatic N) is 1. The maximum absolute atomic E-state index is 5.79. The lowest BCUT2D eigenvalue weighted by molar-refractivity contribution is 0.369. The molecule has 0 amide bonds. The van der Waals surface area contributed by atoms with Gasteiger partial charge in [-0.3, -0.25) is 16.3 Å². The van der Waals surface area contributed by atoms with Crippen LogP contribution in [0.1, 0.15) is 37.4 Å². The summed E-state index contributed by atoms with van der Waals surface area (Å²) in [7, 11) is 0. The zero-order chi connectivity index (χ0) is 12.4. The molecule has 0 spiro atoms. The van der Waals surface area contributed by atoms with Gasteiger partial charge in [-0.15, -0.1) is 0 Å². The maximum atomic E-state index is 5.79. The minimum Gasteiger partial charge on any atom is -0.271 e. The van der Waals surface area contributed by atoms with Crippen LogP contribution in [0.4, 0.5) is 0 Å². The zero-order valence-corrected chi connectivity index (χ0v) is 10.5. The first-order chi connectivity index (χ1) is 8.90. The summed E-state index contributed by atoms with van der Waals surface area (Å²) in [5.74, 6) is 6.40. The Morgan fingerprint density at radius 1 is 1.17 bits per heavy atom. The van der Waals surface area contributed by atoms with E-state index in [0.29, 0.717) is 5.92 Å². The van der Waals surface area contributed by atoms with E-state index in [1.165, 1.54) is 36.5 Å². The quantitative estimate of drug-likeness (QED) is 0.641. The summed E-state index contributed by atoms with van der Waals surface area (Å²) in [5.41, 5.74) is 4.09. The van der Waals surface area contributed by atoms with E-state index in [2.05, 4.69) is 40.7 Å². The summed E-state index contributed by atoms with van der Waals surface area (Å²) in [6.45, 7) is 0. The summed E-state index contributed by atoms with van der Waals surface area (Å²) in [6, 6.07) is 10.6. The molecule has 0 bridgehead atoms. The van der Waals surface area contributed by atoms with Crippen molar-refractivity contribution in [2.24, 2.45) is 11.8 Å². The Morgan fingerprint density at radius 3 is 2.72 bits per heavy atom. The van der Waals surface area contributed by atoms with Gasteiger partial charge in [0.15, 0.2) is 0 Å². The fourth-order valence-electron chi connectivity index (χ4n) is 3.12. The number of hydrogen-bond donors (Lipinski definition) is 2. The SMILES string of the molecule is NNC(c1nccc2ccccc12)C1CCCC1. The Labute approximate surface area is 107 Å². The molecule has 3 rings (SSSR count). The first kappa shape index (κ1) is 11.6. The van der Waals surface area contributed by atoms with Crippen LogP contribution in [0.25, 0.3) is 10.8 Å². The molecule has 2 aromatic rings. The smallest absolute Gasteiger partial charge is 0.0667 e. The Hall–Kier alpha value is -1.45. The largest absolute Gasteiger partial charge is 0.271 e. The highest BCUT2D eigenvalue weighted by atomic mass is 15.2. The Morgan fingerprint density at radius 2 is 1.94 bits per heavy atom. The van der Waals surface area contributed by atoms with E-state index < -0.39 is 0 Å². The van der Waals surface area contributed by atoms with E-state index in [1.807, 2.05) is 6.20 Å². The minimum absolute atomic E-state index is 0.179. The van der Waals surface area contributed by atoms with Crippen LogP contribution in [0.15, 0.2) is 36.5 Å². The number of hydrogen-bond acceptors (Lipinski definition) is 3. The number of rotatable bonds is 3. The number of hydrazine groups is 1. The highest BCUT2D eigenvalue weighted by molar-refractivity contribution is 5.84. The predicted octanol–water partition coefficient (Wildman–Crippen LogP) is 2.93. The summed E-state index contributed by atoms with van der Waals surface area (Å²) in [5, 5.41) is 2.45. The summed E-state index contributed by atoms with van der Waals surface area (Å²) < 4.78 is 0. The Bertz CT molecular complexity index is 527. The van der Waals surface area contributed by atoms with E-state index in [9.17, 15) is 0 Å². The van der Waals surface area contributed by atoms with Crippen molar-refractivity contribution in [3.8, 4) is 0 Å². The summed E-state index contributed by atoms with van der Waals surface area (Å²) >= 11 is 0. The molecule has 0 radical (unpaired) electrons. The topological polar surface area (TPSA) is 50.9 Å². The van der Waals surface area contributed by atoms with Crippen LogP contribution >= 0.6 is 0 Å². The van der Waals surface area contributed by atoms with Crippen LogP contribution < -0.4 is 11.3 Å². The first-order valence-electron chi connectivity index (χ1n) is 6.70. The molecule has 1 aliphatic carbocycles. The summed E-state index contributed by atoms with van der Waals surface area (Å²) in [6.07, 6.45) is 7.01. The summed E-state index contributed by atoms with van der Waals surface area (Å²) in [4.78, 5) is 4.58. The standard InChI is InChI=1S/C15H19N3/c16-18-14(12-6-1-2-7-12)15-13-8-4-3-5-11(13)9-10-17-15/h3-5,8-10,12,14,18H,1-2,6-7,16H2. The molecule has 0 saturated heterocycles. The first-order valence-corrected chi connectivity index (χ1v) is 6.70. The van der Waals surface area contributed by atoms with E-state index in [4.69, 9.17) is 5.84 Å². The number of benzene rings is 1. The van der Waals surface area contributed by atoms with Crippen LogP contribution in [0.3, 0.4) is 0 Å². The molecule has 18 heavy (non-hydrogen) atoms. The van der Waals surface area contributed by atoms with Gasteiger partial charge in [-0.1, -0.05) is 37.1 Å².